The summed E-state index contributed by atoms with van der Waals surface area (Å²) in [7, 11) is -4.28. The first-order chi connectivity index (χ1) is 22.6. The van der Waals surface area contributed by atoms with E-state index < -0.39 is 28.5 Å². The Morgan fingerprint density at radius 1 is 0.745 bits per heavy atom. The normalized spacial score (nSPS) is 14.3. The standard InChI is InChI=1S/C36H36Cl3N3O4S/c37-28-17-19-33(20-18-28)47(45,46)42(32-16-8-13-30(39)23-32)25-35(43)41(24-27-11-7-12-29(38)21-27)34(22-26-9-3-1-4-10-26)36(44)40-31-14-5-2-6-15-31/h1,3-4,7-13,16-21,23,31,34H,2,5-6,14-15,22,24-25H2,(H,40,44)/t34-/m0/s1. The molecule has 0 spiro atoms. The number of nitrogens with one attached hydrogen (secondary N) is 1. The fourth-order valence-electron chi connectivity index (χ4n) is 5.82. The molecule has 4 aromatic rings. The molecule has 1 N–H and O–H groups in total. The average Bonchev–Trinajstić information content (AvgIpc) is 3.06. The fraction of sp³-hybridized carbons (Fsp3) is 0.278. The second-order valence-electron chi connectivity index (χ2n) is 11.6. The van der Waals surface area contributed by atoms with Crippen LogP contribution in [0.4, 0.5) is 5.69 Å². The van der Waals surface area contributed by atoms with E-state index in [-0.39, 0.29) is 35.5 Å². The van der Waals surface area contributed by atoms with Gasteiger partial charge in [-0.15, -0.1) is 0 Å². The van der Waals surface area contributed by atoms with Crippen molar-refractivity contribution in [1.29, 1.82) is 0 Å². The van der Waals surface area contributed by atoms with Crippen LogP contribution in [0.2, 0.25) is 15.1 Å². The van der Waals surface area contributed by atoms with Crippen LogP contribution >= 0.6 is 34.8 Å². The molecule has 0 aromatic heterocycles. The molecule has 2 amide bonds. The number of amides is 2. The number of anilines is 1. The minimum atomic E-state index is -4.28. The summed E-state index contributed by atoms with van der Waals surface area (Å²) in [5.74, 6) is -0.854. The molecule has 47 heavy (non-hydrogen) atoms. The third kappa shape index (κ3) is 9.29. The van der Waals surface area contributed by atoms with Gasteiger partial charge in [0.15, 0.2) is 0 Å². The maximum absolute atomic E-state index is 14.6. The third-order valence-corrected chi connectivity index (χ3v) is 10.8. The first-order valence-electron chi connectivity index (χ1n) is 15.5. The summed E-state index contributed by atoms with van der Waals surface area (Å²) >= 11 is 18.7. The quantitative estimate of drug-likeness (QED) is 0.162. The molecule has 0 bridgehead atoms. The van der Waals surface area contributed by atoms with Crippen LogP contribution in [0.5, 0.6) is 0 Å². The molecule has 0 unspecified atom stereocenters. The first kappa shape index (κ1) is 34.8. The Balaban J connectivity index is 1.56. The van der Waals surface area contributed by atoms with E-state index in [2.05, 4.69) is 5.32 Å². The van der Waals surface area contributed by atoms with Crippen LogP contribution in [0.1, 0.15) is 43.2 Å². The van der Waals surface area contributed by atoms with Crippen molar-refractivity contribution in [2.45, 2.75) is 62.0 Å². The summed E-state index contributed by atoms with van der Waals surface area (Å²) in [6.45, 7) is -0.562. The van der Waals surface area contributed by atoms with Gasteiger partial charge in [0.25, 0.3) is 10.0 Å². The van der Waals surface area contributed by atoms with Crippen LogP contribution in [-0.2, 0) is 32.6 Å². The zero-order chi connectivity index (χ0) is 33.4. The largest absolute Gasteiger partial charge is 0.352 e. The molecule has 7 nitrogen and oxygen atoms in total. The lowest BCUT2D eigenvalue weighted by molar-refractivity contribution is -0.140. The molecule has 0 heterocycles. The first-order valence-corrected chi connectivity index (χ1v) is 18.1. The molecule has 246 valence electrons. The van der Waals surface area contributed by atoms with Crippen LogP contribution in [-0.4, -0.2) is 43.8 Å². The zero-order valence-corrected chi connectivity index (χ0v) is 28.8. The van der Waals surface area contributed by atoms with E-state index in [1.54, 1.807) is 36.4 Å². The number of carbonyl (C=O) groups is 2. The van der Waals surface area contributed by atoms with Gasteiger partial charge in [-0.05, 0) is 78.6 Å². The number of sulfonamides is 1. The van der Waals surface area contributed by atoms with Crippen molar-refractivity contribution in [2.75, 3.05) is 10.8 Å². The highest BCUT2D eigenvalue weighted by molar-refractivity contribution is 7.92. The molecule has 1 saturated carbocycles. The topological polar surface area (TPSA) is 86.8 Å². The van der Waals surface area contributed by atoms with Gasteiger partial charge in [-0.3, -0.25) is 13.9 Å². The molecule has 1 fully saturated rings. The summed E-state index contributed by atoms with van der Waals surface area (Å²) in [6, 6.07) is 27.6. The third-order valence-electron chi connectivity index (χ3n) is 8.24. The number of nitrogens with zero attached hydrogens (tertiary/aromatic N) is 2. The molecular weight excluding hydrogens is 677 g/mol. The Bertz CT molecular complexity index is 1780. The van der Waals surface area contributed by atoms with E-state index >= 15 is 0 Å². The second kappa shape index (κ2) is 16.0. The van der Waals surface area contributed by atoms with Gasteiger partial charge in [0.2, 0.25) is 11.8 Å². The molecule has 0 radical (unpaired) electrons. The minimum absolute atomic E-state index is 0.00545. The fourth-order valence-corrected chi connectivity index (χ4v) is 7.75. The van der Waals surface area contributed by atoms with Crippen molar-refractivity contribution < 1.29 is 18.0 Å². The Morgan fingerprint density at radius 3 is 2.04 bits per heavy atom. The highest BCUT2D eigenvalue weighted by Gasteiger charge is 2.35. The molecule has 11 heteroatoms. The van der Waals surface area contributed by atoms with Crippen molar-refractivity contribution in [3.05, 3.63) is 129 Å². The highest BCUT2D eigenvalue weighted by atomic mass is 35.5. The van der Waals surface area contributed by atoms with Crippen molar-refractivity contribution in [3.63, 3.8) is 0 Å². The summed E-state index contributed by atoms with van der Waals surface area (Å²) < 4.78 is 29.3. The molecule has 0 aliphatic heterocycles. The van der Waals surface area contributed by atoms with Gasteiger partial charge in [-0.25, -0.2) is 8.42 Å². The molecule has 1 aliphatic rings. The molecular formula is C36H36Cl3N3O4S. The Labute approximate surface area is 291 Å². The number of carbonyl (C=O) groups excluding carboxylic acids is 2. The van der Waals surface area contributed by atoms with E-state index in [9.17, 15) is 18.0 Å². The Morgan fingerprint density at radius 2 is 1.38 bits per heavy atom. The summed E-state index contributed by atoms with van der Waals surface area (Å²) in [5.41, 5.74) is 1.76. The molecule has 1 atom stereocenters. The van der Waals surface area contributed by atoms with Crippen LogP contribution < -0.4 is 9.62 Å². The van der Waals surface area contributed by atoms with Crippen molar-refractivity contribution in [2.24, 2.45) is 0 Å². The van der Waals surface area contributed by atoms with Crippen LogP contribution in [0.15, 0.2) is 108 Å². The summed E-state index contributed by atoms with van der Waals surface area (Å²) in [4.78, 5) is 30.2. The number of hydrogen-bond acceptors (Lipinski definition) is 4. The maximum Gasteiger partial charge on any atom is 0.264 e. The van der Waals surface area contributed by atoms with Gasteiger partial charge in [-0.2, -0.15) is 0 Å². The van der Waals surface area contributed by atoms with Crippen molar-refractivity contribution in [1.82, 2.24) is 10.2 Å². The van der Waals surface area contributed by atoms with E-state index in [1.165, 1.54) is 35.2 Å². The van der Waals surface area contributed by atoms with E-state index in [0.717, 1.165) is 42.0 Å². The average molecular weight is 713 g/mol. The predicted octanol–water partition coefficient (Wildman–Crippen LogP) is 7.93. The molecule has 4 aromatic carbocycles. The zero-order valence-electron chi connectivity index (χ0n) is 25.7. The highest BCUT2D eigenvalue weighted by Crippen LogP contribution is 2.28. The Kier molecular flexibility index (Phi) is 11.9. The number of halogens is 3. The SMILES string of the molecule is O=C(NC1CCCCC1)[C@H](Cc1ccccc1)N(Cc1cccc(Cl)c1)C(=O)CN(c1cccc(Cl)c1)S(=O)(=O)c1ccc(Cl)cc1. The van der Waals surface area contributed by atoms with Gasteiger partial charge in [0.1, 0.15) is 12.6 Å². The van der Waals surface area contributed by atoms with Crippen LogP contribution in [0.25, 0.3) is 0 Å². The van der Waals surface area contributed by atoms with E-state index in [1.807, 2.05) is 36.4 Å². The van der Waals surface area contributed by atoms with Crippen LogP contribution in [0, 0.1) is 0 Å². The van der Waals surface area contributed by atoms with Crippen molar-refractivity contribution in [3.8, 4) is 0 Å². The van der Waals surface area contributed by atoms with Gasteiger partial charge in [0.05, 0.1) is 10.6 Å². The van der Waals surface area contributed by atoms with E-state index in [4.69, 9.17) is 34.8 Å². The maximum atomic E-state index is 14.6. The van der Waals surface area contributed by atoms with Gasteiger partial charge in [-0.1, -0.05) is 103 Å². The smallest absolute Gasteiger partial charge is 0.264 e. The second-order valence-corrected chi connectivity index (χ2v) is 14.8. The number of hydrogen-bond donors (Lipinski definition) is 1. The number of rotatable bonds is 12. The summed E-state index contributed by atoms with van der Waals surface area (Å²) in [5, 5.41) is 4.36. The predicted molar refractivity (Wildman–Crippen MR) is 188 cm³/mol. The van der Waals surface area contributed by atoms with Gasteiger partial charge >= 0.3 is 0 Å². The van der Waals surface area contributed by atoms with Crippen LogP contribution in [0.3, 0.4) is 0 Å². The molecule has 0 saturated heterocycles. The lowest BCUT2D eigenvalue weighted by atomic mass is 9.94. The van der Waals surface area contributed by atoms with Crippen molar-refractivity contribution >= 4 is 62.3 Å². The molecule has 5 rings (SSSR count). The summed E-state index contributed by atoms with van der Waals surface area (Å²) in [6.07, 6.45) is 5.14. The lowest BCUT2D eigenvalue weighted by Gasteiger charge is -2.35. The monoisotopic (exact) mass is 711 g/mol. The van der Waals surface area contributed by atoms with Gasteiger partial charge in [0, 0.05) is 34.1 Å². The van der Waals surface area contributed by atoms with E-state index in [0.29, 0.717) is 20.6 Å². The Hall–Kier alpha value is -3.56. The minimum Gasteiger partial charge on any atom is -0.352 e. The number of benzene rings is 4. The lowest BCUT2D eigenvalue weighted by Crippen LogP contribution is -2.55. The van der Waals surface area contributed by atoms with Gasteiger partial charge < -0.3 is 10.2 Å². The molecule has 1 aliphatic carbocycles.